The van der Waals surface area contributed by atoms with E-state index in [1.54, 1.807) is 26.5 Å². The van der Waals surface area contributed by atoms with Crippen molar-refractivity contribution in [3.05, 3.63) is 36.2 Å². The largest absolute Gasteiger partial charge is 0.493 e. The molecule has 2 atom stereocenters. The molecule has 2 saturated heterocycles. The highest BCUT2D eigenvalue weighted by atomic mass is 16.5. The number of nitrogens with zero attached hydrogens (tertiary/aromatic N) is 4. The van der Waals surface area contributed by atoms with Gasteiger partial charge in [-0.15, -0.1) is 5.10 Å². The Balaban J connectivity index is 1.60. The highest BCUT2D eigenvalue weighted by Crippen LogP contribution is 2.42. The van der Waals surface area contributed by atoms with E-state index in [1.165, 1.54) is 0 Å². The lowest BCUT2D eigenvalue weighted by Gasteiger charge is -2.39. The maximum atomic E-state index is 13.3. The second kappa shape index (κ2) is 6.38. The third kappa shape index (κ3) is 2.63. The van der Waals surface area contributed by atoms with Crippen molar-refractivity contribution in [2.24, 2.45) is 0 Å². The number of piperidine rings is 1. The zero-order chi connectivity index (χ0) is 17.4. The van der Waals surface area contributed by atoms with Crippen LogP contribution in [0.5, 0.6) is 11.5 Å². The highest BCUT2D eigenvalue weighted by molar-refractivity contribution is 5.98. The van der Waals surface area contributed by atoms with E-state index in [0.717, 1.165) is 25.7 Å². The monoisotopic (exact) mass is 342 g/mol. The Hall–Kier alpha value is -2.57. The minimum Gasteiger partial charge on any atom is -0.493 e. The molecule has 0 aliphatic carbocycles. The molecule has 2 fully saturated rings. The molecule has 25 heavy (non-hydrogen) atoms. The van der Waals surface area contributed by atoms with E-state index < -0.39 is 0 Å². The van der Waals surface area contributed by atoms with E-state index in [1.807, 2.05) is 27.9 Å². The molecule has 1 aromatic heterocycles. The van der Waals surface area contributed by atoms with E-state index in [4.69, 9.17) is 9.47 Å². The van der Waals surface area contributed by atoms with Gasteiger partial charge in [0, 0.05) is 18.3 Å². The molecule has 132 valence electrons. The molecule has 2 aliphatic heterocycles. The first-order valence-corrected chi connectivity index (χ1v) is 8.62. The molecule has 1 amide bonds. The van der Waals surface area contributed by atoms with Crippen molar-refractivity contribution < 1.29 is 14.3 Å². The maximum absolute atomic E-state index is 13.3. The molecule has 2 aliphatic rings. The Kier molecular flexibility index (Phi) is 4.07. The maximum Gasteiger partial charge on any atom is 0.258 e. The molecule has 0 N–H and O–H groups in total. The first-order chi connectivity index (χ1) is 12.2. The van der Waals surface area contributed by atoms with Crippen LogP contribution >= 0.6 is 0 Å². The van der Waals surface area contributed by atoms with Gasteiger partial charge in [0.25, 0.3) is 5.91 Å². The Morgan fingerprint density at radius 1 is 1.12 bits per heavy atom. The van der Waals surface area contributed by atoms with Crippen molar-refractivity contribution in [2.45, 2.75) is 43.8 Å². The lowest BCUT2D eigenvalue weighted by molar-refractivity contribution is 0.0519. The lowest BCUT2D eigenvalue weighted by Crippen LogP contribution is -2.47. The molecule has 0 radical (unpaired) electrons. The topological polar surface area (TPSA) is 69.5 Å². The van der Waals surface area contributed by atoms with Gasteiger partial charge in [-0.2, -0.15) is 0 Å². The molecule has 2 aromatic rings. The number of ether oxygens (including phenoxy) is 2. The van der Waals surface area contributed by atoms with Crippen molar-refractivity contribution >= 4 is 5.91 Å². The van der Waals surface area contributed by atoms with E-state index in [9.17, 15) is 4.79 Å². The van der Waals surface area contributed by atoms with Gasteiger partial charge in [-0.1, -0.05) is 11.3 Å². The number of amides is 1. The van der Waals surface area contributed by atoms with Crippen molar-refractivity contribution in [1.29, 1.82) is 0 Å². The zero-order valence-electron chi connectivity index (χ0n) is 14.5. The molecule has 0 saturated carbocycles. The molecular weight excluding hydrogens is 320 g/mol. The summed E-state index contributed by atoms with van der Waals surface area (Å²) in [7, 11) is 3.15. The van der Waals surface area contributed by atoms with Crippen molar-refractivity contribution in [3.8, 4) is 11.5 Å². The van der Waals surface area contributed by atoms with Crippen LogP contribution in [0.1, 0.15) is 42.1 Å². The third-order valence-corrected chi connectivity index (χ3v) is 5.39. The van der Waals surface area contributed by atoms with Crippen LogP contribution in [0.3, 0.4) is 0 Å². The van der Waals surface area contributed by atoms with E-state index >= 15 is 0 Å². The molecular formula is C18H22N4O3. The van der Waals surface area contributed by atoms with Gasteiger partial charge in [0.2, 0.25) is 0 Å². The number of aromatic nitrogens is 3. The molecule has 4 rings (SSSR count). The number of carbonyl (C=O) groups excluding carboxylic acids is 1. The Morgan fingerprint density at radius 2 is 1.88 bits per heavy atom. The first kappa shape index (κ1) is 15.9. The number of carbonyl (C=O) groups is 1. The number of benzene rings is 1. The fourth-order valence-electron chi connectivity index (χ4n) is 4.30. The van der Waals surface area contributed by atoms with Crippen LogP contribution < -0.4 is 9.47 Å². The van der Waals surface area contributed by atoms with E-state index in [0.29, 0.717) is 23.1 Å². The van der Waals surface area contributed by atoms with Crippen molar-refractivity contribution in [1.82, 2.24) is 19.9 Å². The number of para-hydroxylation sites is 1. The number of hydrogen-bond acceptors (Lipinski definition) is 5. The van der Waals surface area contributed by atoms with E-state index in [-0.39, 0.29) is 18.0 Å². The number of hydrogen-bond donors (Lipinski definition) is 0. The third-order valence-electron chi connectivity index (χ3n) is 5.39. The SMILES string of the molecule is COc1cccc(C(=O)N2C3CCC2CC(n2ccnn2)C3)c1OC. The molecule has 1 aromatic carbocycles. The molecule has 2 unspecified atom stereocenters. The minimum atomic E-state index is 0.0280. The van der Waals surface area contributed by atoms with Crippen LogP contribution in [0.15, 0.2) is 30.6 Å². The smallest absolute Gasteiger partial charge is 0.258 e. The van der Waals surface area contributed by atoms with Gasteiger partial charge in [0.05, 0.1) is 32.0 Å². The van der Waals surface area contributed by atoms with Crippen LogP contribution in [-0.2, 0) is 0 Å². The Morgan fingerprint density at radius 3 is 2.48 bits per heavy atom. The second-order valence-electron chi connectivity index (χ2n) is 6.65. The van der Waals surface area contributed by atoms with Gasteiger partial charge in [0.1, 0.15) is 0 Å². The first-order valence-electron chi connectivity index (χ1n) is 8.62. The van der Waals surface area contributed by atoms with Crippen LogP contribution in [0, 0.1) is 0 Å². The zero-order valence-corrected chi connectivity index (χ0v) is 14.5. The summed E-state index contributed by atoms with van der Waals surface area (Å²) in [6.07, 6.45) is 7.52. The van der Waals surface area contributed by atoms with E-state index in [2.05, 4.69) is 10.3 Å². The molecule has 7 nitrogen and oxygen atoms in total. The van der Waals surface area contributed by atoms with Crippen molar-refractivity contribution in [3.63, 3.8) is 0 Å². The summed E-state index contributed by atoms with van der Waals surface area (Å²) < 4.78 is 12.7. The minimum absolute atomic E-state index is 0.0280. The number of fused-ring (bicyclic) bond motifs is 2. The fraction of sp³-hybridized carbons (Fsp3) is 0.500. The van der Waals surface area contributed by atoms with Gasteiger partial charge in [0.15, 0.2) is 11.5 Å². The predicted octanol–water partition coefficient (Wildman–Crippen LogP) is 2.30. The summed E-state index contributed by atoms with van der Waals surface area (Å²) in [5, 5.41) is 8.05. The fourth-order valence-corrected chi connectivity index (χ4v) is 4.30. The summed E-state index contributed by atoms with van der Waals surface area (Å²) in [6.45, 7) is 0. The quantitative estimate of drug-likeness (QED) is 0.853. The molecule has 2 bridgehead atoms. The second-order valence-corrected chi connectivity index (χ2v) is 6.65. The summed E-state index contributed by atoms with van der Waals surface area (Å²) in [4.78, 5) is 15.3. The lowest BCUT2D eigenvalue weighted by atomic mass is 9.96. The summed E-state index contributed by atoms with van der Waals surface area (Å²) >= 11 is 0. The van der Waals surface area contributed by atoms with Gasteiger partial charge in [-0.3, -0.25) is 4.79 Å². The Labute approximate surface area is 146 Å². The molecule has 7 heteroatoms. The molecule has 0 spiro atoms. The standard InChI is InChI=1S/C18H22N4O3/c1-24-16-5-3-4-15(17(16)25-2)18(23)22-12-6-7-13(22)11-14(10-12)21-9-8-19-20-21/h3-5,8-9,12-14H,6-7,10-11H2,1-2H3. The van der Waals surface area contributed by atoms with Crippen molar-refractivity contribution in [2.75, 3.05) is 14.2 Å². The van der Waals surface area contributed by atoms with Crippen LogP contribution in [0.25, 0.3) is 0 Å². The summed E-state index contributed by atoms with van der Waals surface area (Å²) in [6, 6.07) is 6.23. The van der Waals surface area contributed by atoms with Gasteiger partial charge < -0.3 is 14.4 Å². The van der Waals surface area contributed by atoms with Gasteiger partial charge in [-0.05, 0) is 37.8 Å². The summed E-state index contributed by atoms with van der Waals surface area (Å²) in [5.41, 5.74) is 0.568. The van der Waals surface area contributed by atoms with Gasteiger partial charge >= 0.3 is 0 Å². The number of methoxy groups -OCH3 is 2. The predicted molar refractivity (Wildman–Crippen MR) is 90.8 cm³/mol. The van der Waals surface area contributed by atoms with Crippen LogP contribution in [-0.4, -0.2) is 52.1 Å². The molecule has 3 heterocycles. The number of rotatable bonds is 4. The normalized spacial score (nSPS) is 25.0. The Bertz CT molecular complexity index is 748. The van der Waals surface area contributed by atoms with Crippen LogP contribution in [0.2, 0.25) is 0 Å². The van der Waals surface area contributed by atoms with Crippen LogP contribution in [0.4, 0.5) is 0 Å². The summed E-state index contributed by atoms with van der Waals surface area (Å²) in [5.74, 6) is 1.12. The van der Waals surface area contributed by atoms with Gasteiger partial charge in [-0.25, -0.2) is 4.68 Å². The average molecular weight is 342 g/mol. The highest BCUT2D eigenvalue weighted by Gasteiger charge is 2.44. The average Bonchev–Trinajstić information content (AvgIpc) is 3.27.